The highest BCUT2D eigenvalue weighted by Gasteiger charge is 2.15. The highest BCUT2D eigenvalue weighted by atomic mass is 32.1. The Kier molecular flexibility index (Phi) is 3.75. The lowest BCUT2D eigenvalue weighted by Crippen LogP contribution is -2.46. The van der Waals surface area contributed by atoms with E-state index in [9.17, 15) is 4.79 Å². The van der Waals surface area contributed by atoms with Crippen LogP contribution in [0.5, 0.6) is 0 Å². The molecule has 15 heavy (non-hydrogen) atoms. The van der Waals surface area contributed by atoms with Gasteiger partial charge in [-0.2, -0.15) is 0 Å². The molecule has 4 heteroatoms. The van der Waals surface area contributed by atoms with Gasteiger partial charge in [0.2, 0.25) is 5.91 Å². The molecule has 1 aromatic rings. The number of hydrogen-bond donors (Lipinski definition) is 2. The maximum atomic E-state index is 11.6. The van der Waals surface area contributed by atoms with E-state index in [1.807, 2.05) is 17.5 Å². The van der Waals surface area contributed by atoms with Gasteiger partial charge in [-0.15, -0.1) is 11.3 Å². The fourth-order valence-corrected chi connectivity index (χ4v) is 2.53. The molecule has 1 fully saturated rings. The lowest BCUT2D eigenvalue weighted by Gasteiger charge is -2.23. The Balaban J connectivity index is 1.76. The van der Waals surface area contributed by atoms with E-state index in [1.54, 1.807) is 11.3 Å². The van der Waals surface area contributed by atoms with E-state index in [0.717, 1.165) is 30.8 Å². The molecular weight excluding hydrogens is 208 g/mol. The molecule has 0 aliphatic carbocycles. The minimum absolute atomic E-state index is 0.145. The molecule has 1 aromatic heterocycles. The zero-order valence-electron chi connectivity index (χ0n) is 8.66. The van der Waals surface area contributed by atoms with Crippen LogP contribution in [0.15, 0.2) is 17.5 Å². The highest BCUT2D eigenvalue weighted by Crippen LogP contribution is 2.09. The van der Waals surface area contributed by atoms with Gasteiger partial charge in [-0.25, -0.2) is 0 Å². The van der Waals surface area contributed by atoms with Crippen LogP contribution >= 0.6 is 11.3 Å². The predicted molar refractivity (Wildman–Crippen MR) is 62.1 cm³/mol. The summed E-state index contributed by atoms with van der Waals surface area (Å²) in [5.74, 6) is 0.145. The van der Waals surface area contributed by atoms with E-state index in [0.29, 0.717) is 12.5 Å². The van der Waals surface area contributed by atoms with Crippen molar-refractivity contribution in [3.05, 3.63) is 22.4 Å². The lowest BCUT2D eigenvalue weighted by atomic mass is 10.1. The Morgan fingerprint density at radius 2 is 2.60 bits per heavy atom. The summed E-state index contributed by atoms with van der Waals surface area (Å²) in [6.07, 6.45) is 2.78. The molecule has 1 atom stereocenters. The van der Waals surface area contributed by atoms with Crippen molar-refractivity contribution >= 4 is 17.2 Å². The van der Waals surface area contributed by atoms with Gasteiger partial charge in [0, 0.05) is 17.5 Å². The maximum Gasteiger partial charge on any atom is 0.225 e. The third-order valence-corrected chi connectivity index (χ3v) is 3.45. The van der Waals surface area contributed by atoms with Crippen molar-refractivity contribution in [3.8, 4) is 0 Å². The van der Waals surface area contributed by atoms with E-state index >= 15 is 0 Å². The fourth-order valence-electron chi connectivity index (χ4n) is 1.83. The largest absolute Gasteiger partial charge is 0.352 e. The standard InChI is InChI=1S/C11H16N2OS/c14-11(7-10-4-2-6-15-10)13-9-3-1-5-12-8-9/h2,4,6,9,12H,1,3,5,7-8H2,(H,13,14)/t9-/m0/s1. The average Bonchev–Trinajstić information content (AvgIpc) is 2.71. The van der Waals surface area contributed by atoms with Gasteiger partial charge in [-0.1, -0.05) is 6.07 Å². The van der Waals surface area contributed by atoms with Crippen LogP contribution in [0.2, 0.25) is 0 Å². The van der Waals surface area contributed by atoms with Crippen LogP contribution in [-0.2, 0) is 11.2 Å². The van der Waals surface area contributed by atoms with Gasteiger partial charge in [0.1, 0.15) is 0 Å². The zero-order chi connectivity index (χ0) is 10.5. The Bertz CT molecular complexity index is 304. The fraction of sp³-hybridized carbons (Fsp3) is 0.545. The molecule has 1 saturated heterocycles. The summed E-state index contributed by atoms with van der Waals surface area (Å²) >= 11 is 1.64. The summed E-state index contributed by atoms with van der Waals surface area (Å²) in [6, 6.07) is 4.31. The SMILES string of the molecule is O=C(Cc1cccs1)N[C@H]1CCCNC1. The zero-order valence-corrected chi connectivity index (χ0v) is 9.48. The Morgan fingerprint density at radius 1 is 1.67 bits per heavy atom. The second kappa shape index (κ2) is 5.28. The van der Waals surface area contributed by atoms with Gasteiger partial charge < -0.3 is 10.6 Å². The molecule has 1 amide bonds. The summed E-state index contributed by atoms with van der Waals surface area (Å²) in [4.78, 5) is 12.8. The van der Waals surface area contributed by atoms with Crippen molar-refractivity contribution in [1.29, 1.82) is 0 Å². The van der Waals surface area contributed by atoms with E-state index in [2.05, 4.69) is 10.6 Å². The number of nitrogens with one attached hydrogen (secondary N) is 2. The number of carbonyl (C=O) groups is 1. The van der Waals surface area contributed by atoms with Gasteiger partial charge in [-0.05, 0) is 30.8 Å². The summed E-state index contributed by atoms with van der Waals surface area (Å²) < 4.78 is 0. The lowest BCUT2D eigenvalue weighted by molar-refractivity contribution is -0.121. The normalized spacial score (nSPS) is 21.2. The van der Waals surface area contributed by atoms with Crippen LogP contribution in [0, 0.1) is 0 Å². The van der Waals surface area contributed by atoms with Gasteiger partial charge in [0.25, 0.3) is 0 Å². The summed E-state index contributed by atoms with van der Waals surface area (Å²) in [5.41, 5.74) is 0. The van der Waals surface area contributed by atoms with Crippen LogP contribution in [0.1, 0.15) is 17.7 Å². The smallest absolute Gasteiger partial charge is 0.225 e. The van der Waals surface area contributed by atoms with Crippen molar-refractivity contribution in [2.24, 2.45) is 0 Å². The topological polar surface area (TPSA) is 41.1 Å². The molecule has 1 aliphatic heterocycles. The average molecular weight is 224 g/mol. The van der Waals surface area contributed by atoms with Crippen LogP contribution in [0.25, 0.3) is 0 Å². The molecule has 2 N–H and O–H groups in total. The summed E-state index contributed by atoms with van der Waals surface area (Å²) in [5, 5.41) is 8.35. The second-order valence-electron chi connectivity index (χ2n) is 3.87. The monoisotopic (exact) mass is 224 g/mol. The van der Waals surface area contributed by atoms with Gasteiger partial charge >= 0.3 is 0 Å². The minimum atomic E-state index is 0.145. The van der Waals surface area contributed by atoms with E-state index in [4.69, 9.17) is 0 Å². The summed E-state index contributed by atoms with van der Waals surface area (Å²) in [7, 11) is 0. The number of rotatable bonds is 3. The number of hydrogen-bond acceptors (Lipinski definition) is 3. The van der Waals surface area contributed by atoms with Crippen LogP contribution < -0.4 is 10.6 Å². The number of thiophene rings is 1. The molecule has 3 nitrogen and oxygen atoms in total. The Hall–Kier alpha value is -0.870. The Labute approximate surface area is 93.9 Å². The molecule has 2 heterocycles. The van der Waals surface area contributed by atoms with Crippen molar-refractivity contribution in [2.45, 2.75) is 25.3 Å². The third-order valence-electron chi connectivity index (χ3n) is 2.58. The number of amides is 1. The Morgan fingerprint density at radius 3 is 3.27 bits per heavy atom. The number of carbonyl (C=O) groups excluding carboxylic acids is 1. The first-order chi connectivity index (χ1) is 7.34. The molecule has 0 radical (unpaired) electrons. The maximum absolute atomic E-state index is 11.6. The van der Waals surface area contributed by atoms with Crippen molar-refractivity contribution in [3.63, 3.8) is 0 Å². The van der Waals surface area contributed by atoms with Crippen molar-refractivity contribution in [2.75, 3.05) is 13.1 Å². The molecule has 0 spiro atoms. The molecule has 0 aromatic carbocycles. The third kappa shape index (κ3) is 3.32. The molecule has 2 rings (SSSR count). The van der Waals surface area contributed by atoms with Crippen LogP contribution in [-0.4, -0.2) is 25.0 Å². The molecule has 0 unspecified atom stereocenters. The van der Waals surface area contributed by atoms with E-state index < -0.39 is 0 Å². The van der Waals surface area contributed by atoms with Gasteiger partial charge in [-0.3, -0.25) is 4.79 Å². The molecule has 0 bridgehead atoms. The predicted octanol–water partition coefficient (Wildman–Crippen LogP) is 1.16. The highest BCUT2D eigenvalue weighted by molar-refractivity contribution is 7.10. The molecular formula is C11H16N2OS. The number of piperidine rings is 1. The van der Waals surface area contributed by atoms with Crippen LogP contribution in [0.4, 0.5) is 0 Å². The van der Waals surface area contributed by atoms with Crippen LogP contribution in [0.3, 0.4) is 0 Å². The van der Waals surface area contributed by atoms with Gasteiger partial charge in [0.15, 0.2) is 0 Å². The summed E-state index contributed by atoms with van der Waals surface area (Å²) in [6.45, 7) is 1.99. The van der Waals surface area contributed by atoms with Gasteiger partial charge in [0.05, 0.1) is 6.42 Å². The quantitative estimate of drug-likeness (QED) is 0.809. The van der Waals surface area contributed by atoms with Crippen molar-refractivity contribution < 1.29 is 4.79 Å². The molecule has 0 saturated carbocycles. The first-order valence-electron chi connectivity index (χ1n) is 5.37. The molecule has 1 aliphatic rings. The first-order valence-corrected chi connectivity index (χ1v) is 6.25. The van der Waals surface area contributed by atoms with E-state index in [1.165, 1.54) is 0 Å². The first kappa shape index (κ1) is 10.6. The van der Waals surface area contributed by atoms with E-state index in [-0.39, 0.29) is 5.91 Å². The van der Waals surface area contributed by atoms with Crippen molar-refractivity contribution in [1.82, 2.24) is 10.6 Å². The minimum Gasteiger partial charge on any atom is -0.352 e. The molecule has 82 valence electrons. The second-order valence-corrected chi connectivity index (χ2v) is 4.90.